The van der Waals surface area contributed by atoms with E-state index in [1.165, 1.54) is 5.56 Å². The van der Waals surface area contributed by atoms with Gasteiger partial charge in [0.15, 0.2) is 5.78 Å². The van der Waals surface area contributed by atoms with E-state index in [2.05, 4.69) is 6.92 Å². The van der Waals surface area contributed by atoms with E-state index in [-0.39, 0.29) is 11.7 Å². The van der Waals surface area contributed by atoms with Gasteiger partial charge in [0.25, 0.3) is 0 Å². The fourth-order valence-electron chi connectivity index (χ4n) is 1.30. The van der Waals surface area contributed by atoms with Crippen LogP contribution in [0.3, 0.4) is 0 Å². The summed E-state index contributed by atoms with van der Waals surface area (Å²) in [6.45, 7) is 4.36. The first-order valence-corrected chi connectivity index (χ1v) is 5.02. The Morgan fingerprint density at radius 1 is 1.36 bits per heavy atom. The van der Waals surface area contributed by atoms with E-state index in [1.807, 2.05) is 31.2 Å². The summed E-state index contributed by atoms with van der Waals surface area (Å²) in [5.41, 5.74) is 7.46. The summed E-state index contributed by atoms with van der Waals surface area (Å²) in [5.74, 6) is 0.0534. The molecule has 1 rings (SSSR count). The number of hydrogen-bond acceptors (Lipinski definition) is 2. The number of carbonyl (C=O) groups excluding carboxylic acids is 1. The van der Waals surface area contributed by atoms with Gasteiger partial charge in [-0.3, -0.25) is 4.79 Å². The maximum atomic E-state index is 11.7. The van der Waals surface area contributed by atoms with Gasteiger partial charge in [-0.1, -0.05) is 38.1 Å². The smallest absolute Gasteiger partial charge is 0.166 e. The summed E-state index contributed by atoms with van der Waals surface area (Å²) in [6, 6.07) is 7.76. The van der Waals surface area contributed by atoms with Crippen molar-refractivity contribution in [2.24, 2.45) is 11.7 Å². The fraction of sp³-hybridized carbons (Fsp3) is 0.417. The van der Waals surface area contributed by atoms with Crippen LogP contribution in [0.15, 0.2) is 24.3 Å². The van der Waals surface area contributed by atoms with Crippen molar-refractivity contribution in [3.63, 3.8) is 0 Å². The van der Waals surface area contributed by atoms with Gasteiger partial charge in [0, 0.05) is 18.0 Å². The van der Waals surface area contributed by atoms with Gasteiger partial charge in [-0.15, -0.1) is 0 Å². The highest BCUT2D eigenvalue weighted by atomic mass is 16.1. The Balaban J connectivity index is 2.81. The second-order valence-electron chi connectivity index (χ2n) is 3.55. The number of carbonyl (C=O) groups is 1. The van der Waals surface area contributed by atoms with E-state index in [4.69, 9.17) is 5.73 Å². The molecule has 1 unspecified atom stereocenters. The van der Waals surface area contributed by atoms with Crippen LogP contribution in [0.2, 0.25) is 0 Å². The summed E-state index contributed by atoms with van der Waals surface area (Å²) in [5, 5.41) is 0. The van der Waals surface area contributed by atoms with Gasteiger partial charge in [0.1, 0.15) is 0 Å². The first-order chi connectivity index (χ1) is 6.69. The van der Waals surface area contributed by atoms with Gasteiger partial charge >= 0.3 is 0 Å². The maximum Gasteiger partial charge on any atom is 0.166 e. The lowest BCUT2D eigenvalue weighted by molar-refractivity contribution is 0.0934. The minimum absolute atomic E-state index is 0.0810. The minimum atomic E-state index is -0.0810. The molecular weight excluding hydrogens is 174 g/mol. The van der Waals surface area contributed by atoms with Crippen molar-refractivity contribution in [3.05, 3.63) is 35.4 Å². The number of nitrogens with two attached hydrogens (primary N) is 1. The van der Waals surface area contributed by atoms with E-state index >= 15 is 0 Å². The summed E-state index contributed by atoms with van der Waals surface area (Å²) in [6.07, 6.45) is 1.00. The molecule has 0 saturated heterocycles. The molecule has 14 heavy (non-hydrogen) atoms. The van der Waals surface area contributed by atoms with Crippen LogP contribution in [0.1, 0.15) is 29.8 Å². The maximum absolute atomic E-state index is 11.7. The SMILES string of the molecule is CCc1ccc(C(=O)C(C)CN)cc1. The molecule has 2 nitrogen and oxygen atoms in total. The van der Waals surface area contributed by atoms with Crippen molar-refractivity contribution >= 4 is 5.78 Å². The number of rotatable bonds is 4. The quantitative estimate of drug-likeness (QED) is 0.740. The molecule has 0 aliphatic rings. The van der Waals surface area contributed by atoms with Crippen molar-refractivity contribution in [3.8, 4) is 0 Å². The second-order valence-corrected chi connectivity index (χ2v) is 3.55. The lowest BCUT2D eigenvalue weighted by atomic mass is 9.98. The molecule has 76 valence electrons. The molecule has 1 atom stereocenters. The first-order valence-electron chi connectivity index (χ1n) is 5.02. The van der Waals surface area contributed by atoms with Crippen molar-refractivity contribution in [1.82, 2.24) is 0 Å². The van der Waals surface area contributed by atoms with Crippen LogP contribution in [0, 0.1) is 5.92 Å². The molecule has 2 heteroatoms. The van der Waals surface area contributed by atoms with Crippen LogP contribution >= 0.6 is 0 Å². The Morgan fingerprint density at radius 2 is 1.93 bits per heavy atom. The molecule has 0 bridgehead atoms. The molecule has 0 amide bonds. The average Bonchev–Trinajstić information content (AvgIpc) is 2.27. The number of aryl methyl sites for hydroxylation is 1. The second kappa shape index (κ2) is 4.91. The number of ketones is 1. The molecule has 0 aliphatic carbocycles. The third-order valence-corrected chi connectivity index (χ3v) is 2.45. The van der Waals surface area contributed by atoms with Crippen molar-refractivity contribution in [1.29, 1.82) is 0 Å². The van der Waals surface area contributed by atoms with Crippen molar-refractivity contribution in [2.75, 3.05) is 6.54 Å². The van der Waals surface area contributed by atoms with Crippen LogP contribution in [-0.4, -0.2) is 12.3 Å². The molecule has 0 radical (unpaired) electrons. The van der Waals surface area contributed by atoms with Crippen LogP contribution in [0.4, 0.5) is 0 Å². The third kappa shape index (κ3) is 2.42. The van der Waals surface area contributed by atoms with Gasteiger partial charge in [0.05, 0.1) is 0 Å². The molecule has 0 spiro atoms. The Kier molecular flexibility index (Phi) is 3.84. The zero-order valence-electron chi connectivity index (χ0n) is 8.79. The molecule has 0 aliphatic heterocycles. The van der Waals surface area contributed by atoms with Gasteiger partial charge < -0.3 is 5.73 Å². The molecule has 1 aromatic carbocycles. The Hall–Kier alpha value is -1.15. The fourth-order valence-corrected chi connectivity index (χ4v) is 1.30. The zero-order valence-corrected chi connectivity index (χ0v) is 8.79. The predicted octanol–water partition coefficient (Wildman–Crippen LogP) is 2.03. The van der Waals surface area contributed by atoms with Gasteiger partial charge in [0.2, 0.25) is 0 Å². The molecule has 0 heterocycles. The summed E-state index contributed by atoms with van der Waals surface area (Å²) in [4.78, 5) is 11.7. The summed E-state index contributed by atoms with van der Waals surface area (Å²) in [7, 11) is 0. The summed E-state index contributed by atoms with van der Waals surface area (Å²) < 4.78 is 0. The number of Topliss-reactive ketones (excluding diaryl/α,β-unsaturated/α-hetero) is 1. The molecule has 0 fully saturated rings. The Morgan fingerprint density at radius 3 is 2.36 bits per heavy atom. The lowest BCUT2D eigenvalue weighted by Gasteiger charge is -2.07. The molecular formula is C12H17NO. The van der Waals surface area contributed by atoms with E-state index in [9.17, 15) is 4.79 Å². The van der Waals surface area contributed by atoms with Crippen LogP contribution < -0.4 is 5.73 Å². The zero-order chi connectivity index (χ0) is 10.6. The normalized spacial score (nSPS) is 12.5. The molecule has 0 aromatic heterocycles. The lowest BCUT2D eigenvalue weighted by Crippen LogP contribution is -2.20. The van der Waals surface area contributed by atoms with Crippen LogP contribution in [0.5, 0.6) is 0 Å². The van der Waals surface area contributed by atoms with E-state index in [1.54, 1.807) is 0 Å². The standard InChI is InChI=1S/C12H17NO/c1-3-10-4-6-11(7-5-10)12(14)9(2)8-13/h4-7,9H,3,8,13H2,1-2H3. The monoisotopic (exact) mass is 191 g/mol. The highest BCUT2D eigenvalue weighted by Gasteiger charge is 2.12. The van der Waals surface area contributed by atoms with E-state index in [0.717, 1.165) is 12.0 Å². The minimum Gasteiger partial charge on any atom is -0.330 e. The highest BCUT2D eigenvalue weighted by Crippen LogP contribution is 2.10. The van der Waals surface area contributed by atoms with Crippen molar-refractivity contribution in [2.45, 2.75) is 20.3 Å². The first kappa shape index (κ1) is 10.9. The Labute approximate surface area is 85.1 Å². The van der Waals surface area contributed by atoms with Gasteiger partial charge in [-0.25, -0.2) is 0 Å². The third-order valence-electron chi connectivity index (χ3n) is 2.45. The largest absolute Gasteiger partial charge is 0.330 e. The number of benzene rings is 1. The average molecular weight is 191 g/mol. The van der Waals surface area contributed by atoms with Crippen LogP contribution in [-0.2, 0) is 6.42 Å². The van der Waals surface area contributed by atoms with Crippen molar-refractivity contribution < 1.29 is 4.79 Å². The molecule has 0 saturated carbocycles. The topological polar surface area (TPSA) is 43.1 Å². The van der Waals surface area contributed by atoms with Crippen LogP contribution in [0.25, 0.3) is 0 Å². The van der Waals surface area contributed by atoms with E-state index < -0.39 is 0 Å². The molecule has 2 N–H and O–H groups in total. The predicted molar refractivity (Wildman–Crippen MR) is 58.4 cm³/mol. The highest BCUT2D eigenvalue weighted by molar-refractivity contribution is 5.97. The van der Waals surface area contributed by atoms with E-state index in [0.29, 0.717) is 6.54 Å². The van der Waals surface area contributed by atoms with Gasteiger partial charge in [-0.2, -0.15) is 0 Å². The molecule has 1 aromatic rings. The van der Waals surface area contributed by atoms with Gasteiger partial charge in [-0.05, 0) is 12.0 Å². The Bertz CT molecular complexity index is 303. The number of hydrogen-bond donors (Lipinski definition) is 1. The summed E-state index contributed by atoms with van der Waals surface area (Å²) >= 11 is 0.